The van der Waals surface area contributed by atoms with Crippen LogP contribution < -0.4 is 21.7 Å². The number of aliphatic carboxylic acids is 2. The molecule has 0 aromatic heterocycles. The molecule has 2 atom stereocenters. The van der Waals surface area contributed by atoms with Crippen LogP contribution in [-0.4, -0.2) is 40.0 Å². The number of carboxylic acid groups (broad SMARTS) is 2. The van der Waals surface area contributed by atoms with Gasteiger partial charge in [0.2, 0.25) is 0 Å². The number of rotatable bonds is 3. The van der Waals surface area contributed by atoms with Gasteiger partial charge >= 0.3 is 21.1 Å². The topological polar surface area (TPSA) is 173 Å². The summed E-state index contributed by atoms with van der Waals surface area (Å²) in [6.45, 7) is 0. The number of hydrogen-bond acceptors (Lipinski definition) is 8. The second-order valence-corrected chi connectivity index (χ2v) is 4.32. The van der Waals surface area contributed by atoms with Crippen LogP contribution >= 0.6 is 0 Å². The maximum absolute atomic E-state index is 9.63. The van der Waals surface area contributed by atoms with Gasteiger partial charge in [-0.15, -0.1) is 0 Å². The Labute approximate surface area is 125 Å². The Morgan fingerprint density at radius 3 is 1.42 bits per heavy atom. The van der Waals surface area contributed by atoms with Gasteiger partial charge in [0, 0.05) is 0 Å². The molecule has 9 heteroatoms. The van der Waals surface area contributed by atoms with Gasteiger partial charge in [0.25, 0.3) is 0 Å². The van der Waals surface area contributed by atoms with Gasteiger partial charge in [-0.3, -0.25) is 0 Å². The molecular formula is C10H18N2O6Pt. The van der Waals surface area contributed by atoms with Crippen LogP contribution in [0.3, 0.4) is 0 Å². The first-order chi connectivity index (χ1) is 8.17. The SMILES string of the molecule is NC1(N)CCCCC1.O=C([O-])[C@H](O)[C@@H](O)C(=O)[O-].[Pt+2]. The number of carbonyl (C=O) groups is 2. The molecule has 0 heterocycles. The summed E-state index contributed by atoms with van der Waals surface area (Å²) in [5, 5.41) is 35.7. The van der Waals surface area contributed by atoms with E-state index in [9.17, 15) is 19.8 Å². The Hall–Kier alpha value is -0.532. The van der Waals surface area contributed by atoms with Crippen LogP contribution in [0.5, 0.6) is 0 Å². The van der Waals surface area contributed by atoms with Crippen LogP contribution in [0.15, 0.2) is 0 Å². The van der Waals surface area contributed by atoms with E-state index in [4.69, 9.17) is 21.7 Å². The summed E-state index contributed by atoms with van der Waals surface area (Å²) in [6, 6.07) is 0. The summed E-state index contributed by atoms with van der Waals surface area (Å²) in [7, 11) is 0. The van der Waals surface area contributed by atoms with E-state index in [1.165, 1.54) is 19.3 Å². The molecule has 0 amide bonds. The molecule has 0 spiro atoms. The normalized spacial score (nSPS) is 20.0. The van der Waals surface area contributed by atoms with Gasteiger partial charge in [0.05, 0.1) is 17.6 Å². The van der Waals surface area contributed by atoms with Crippen molar-refractivity contribution in [2.45, 2.75) is 50.0 Å². The number of carboxylic acids is 2. The first kappa shape index (κ1) is 20.8. The molecule has 1 aliphatic rings. The Morgan fingerprint density at radius 2 is 1.26 bits per heavy atom. The third-order valence-corrected chi connectivity index (χ3v) is 2.57. The standard InChI is InChI=1S/C6H14N2.C4H6O6.Pt/c7-6(8)4-2-1-3-5-6;5-1(3(7)8)2(6)4(9)10;/h1-5,7-8H2;1-2,5-6H,(H,7,8)(H,9,10);/q;;+2/p-2/t;1-,2-;/m.1./s1. The van der Waals surface area contributed by atoms with Crippen molar-refractivity contribution in [1.29, 1.82) is 0 Å². The van der Waals surface area contributed by atoms with Gasteiger partial charge in [-0.25, -0.2) is 0 Å². The largest absolute Gasteiger partial charge is 2.00 e. The van der Waals surface area contributed by atoms with Crippen LogP contribution in [0.25, 0.3) is 0 Å². The predicted octanol–water partition coefficient (Wildman–Crippen LogP) is -4.23. The molecule has 0 unspecified atom stereocenters. The van der Waals surface area contributed by atoms with Gasteiger partial charge in [0.1, 0.15) is 12.2 Å². The minimum atomic E-state index is -2.44. The molecule has 0 saturated heterocycles. The van der Waals surface area contributed by atoms with Crippen LogP contribution in [0.2, 0.25) is 0 Å². The first-order valence-electron chi connectivity index (χ1n) is 5.53. The number of nitrogens with two attached hydrogens (primary N) is 2. The van der Waals surface area contributed by atoms with E-state index >= 15 is 0 Å². The molecule has 1 fully saturated rings. The zero-order valence-corrected chi connectivity index (χ0v) is 12.5. The molecule has 114 valence electrons. The number of hydrogen-bond donors (Lipinski definition) is 4. The van der Waals surface area contributed by atoms with E-state index < -0.39 is 24.1 Å². The van der Waals surface area contributed by atoms with Crippen molar-refractivity contribution in [2.75, 3.05) is 0 Å². The van der Waals surface area contributed by atoms with Crippen LogP contribution in [0.1, 0.15) is 32.1 Å². The summed E-state index contributed by atoms with van der Waals surface area (Å²) in [5.41, 5.74) is 11.0. The van der Waals surface area contributed by atoms with Crippen molar-refractivity contribution in [3.05, 3.63) is 0 Å². The minimum absolute atomic E-state index is 0. The molecule has 0 aromatic rings. The van der Waals surface area contributed by atoms with E-state index in [-0.39, 0.29) is 26.7 Å². The van der Waals surface area contributed by atoms with Crippen molar-refractivity contribution >= 4 is 11.9 Å². The third-order valence-electron chi connectivity index (χ3n) is 2.57. The Kier molecular flexibility index (Phi) is 10.3. The second-order valence-electron chi connectivity index (χ2n) is 4.32. The first-order valence-corrected chi connectivity index (χ1v) is 5.53. The molecule has 0 radical (unpaired) electrons. The van der Waals surface area contributed by atoms with E-state index in [0.29, 0.717) is 0 Å². The fraction of sp³-hybridized carbons (Fsp3) is 0.800. The van der Waals surface area contributed by atoms with E-state index in [2.05, 4.69) is 0 Å². The molecular weight excluding hydrogens is 439 g/mol. The van der Waals surface area contributed by atoms with Crippen LogP contribution in [-0.2, 0) is 30.7 Å². The molecule has 1 rings (SSSR count). The number of carbonyl (C=O) groups excluding carboxylic acids is 2. The Morgan fingerprint density at radius 1 is 0.947 bits per heavy atom. The van der Waals surface area contributed by atoms with Crippen LogP contribution in [0.4, 0.5) is 0 Å². The van der Waals surface area contributed by atoms with E-state index in [1.54, 1.807) is 0 Å². The van der Waals surface area contributed by atoms with Gasteiger partial charge in [-0.05, 0) is 12.8 Å². The molecule has 1 saturated carbocycles. The Bertz CT molecular complexity index is 274. The fourth-order valence-corrected chi connectivity index (χ4v) is 1.47. The van der Waals surface area contributed by atoms with Crippen molar-refractivity contribution in [2.24, 2.45) is 11.5 Å². The van der Waals surface area contributed by atoms with Gasteiger partial charge in [0.15, 0.2) is 0 Å². The molecule has 0 bridgehead atoms. The quantitative estimate of drug-likeness (QED) is 0.309. The molecule has 0 aromatic carbocycles. The van der Waals surface area contributed by atoms with Crippen molar-refractivity contribution < 1.29 is 51.1 Å². The minimum Gasteiger partial charge on any atom is -0.547 e. The summed E-state index contributed by atoms with van der Waals surface area (Å²) >= 11 is 0. The average Bonchev–Trinajstić information content (AvgIpc) is 2.27. The maximum atomic E-state index is 9.63. The fourth-order valence-electron chi connectivity index (χ4n) is 1.47. The molecule has 8 nitrogen and oxygen atoms in total. The third kappa shape index (κ3) is 9.07. The van der Waals surface area contributed by atoms with Crippen molar-refractivity contribution in [1.82, 2.24) is 0 Å². The average molecular weight is 457 g/mol. The van der Waals surface area contributed by atoms with Crippen molar-refractivity contribution in [3.8, 4) is 0 Å². The van der Waals surface area contributed by atoms with Crippen molar-refractivity contribution in [3.63, 3.8) is 0 Å². The van der Waals surface area contributed by atoms with E-state index in [0.717, 1.165) is 12.8 Å². The number of aliphatic hydroxyl groups is 2. The Balaban J connectivity index is 0. The van der Waals surface area contributed by atoms with Crippen LogP contribution in [0, 0.1) is 0 Å². The summed E-state index contributed by atoms with van der Waals surface area (Å²) in [4.78, 5) is 19.3. The number of aliphatic hydroxyl groups excluding tert-OH is 2. The summed E-state index contributed by atoms with van der Waals surface area (Å²) in [6.07, 6.45) is 0.880. The zero-order valence-electron chi connectivity index (χ0n) is 10.2. The summed E-state index contributed by atoms with van der Waals surface area (Å²) in [5.74, 6) is -4.12. The molecule has 1 aliphatic carbocycles. The molecule has 0 aliphatic heterocycles. The predicted molar refractivity (Wildman–Crippen MR) is 56.2 cm³/mol. The maximum Gasteiger partial charge on any atom is 2.00 e. The molecule has 19 heavy (non-hydrogen) atoms. The smallest absolute Gasteiger partial charge is 0.547 e. The molecule has 6 N–H and O–H groups in total. The van der Waals surface area contributed by atoms with Gasteiger partial charge in [-0.1, -0.05) is 19.3 Å². The zero-order chi connectivity index (χ0) is 14.3. The van der Waals surface area contributed by atoms with Gasteiger partial charge < -0.3 is 41.5 Å². The van der Waals surface area contributed by atoms with Gasteiger partial charge in [-0.2, -0.15) is 0 Å². The summed E-state index contributed by atoms with van der Waals surface area (Å²) < 4.78 is 0. The monoisotopic (exact) mass is 457 g/mol. The second kappa shape index (κ2) is 9.38. The van der Waals surface area contributed by atoms with E-state index in [1.807, 2.05) is 0 Å².